The molecule has 0 radical (unpaired) electrons. The van der Waals surface area contributed by atoms with Gasteiger partial charge in [-0.05, 0) is 31.4 Å². The number of hydrogen-bond donors (Lipinski definition) is 2. The Labute approximate surface area is 122 Å². The number of hydrogen-bond acceptors (Lipinski definition) is 2. The van der Waals surface area contributed by atoms with E-state index in [0.717, 1.165) is 19.4 Å². The Morgan fingerprint density at radius 1 is 1.40 bits per heavy atom. The van der Waals surface area contributed by atoms with Crippen LogP contribution >= 0.6 is 0 Å². The highest BCUT2D eigenvalue weighted by Crippen LogP contribution is 2.24. The minimum Gasteiger partial charge on any atom is -0.384 e. The zero-order chi connectivity index (χ0) is 14.4. The van der Waals surface area contributed by atoms with Crippen molar-refractivity contribution in [2.24, 2.45) is 5.92 Å². The molecule has 1 aliphatic rings. The van der Waals surface area contributed by atoms with Crippen molar-refractivity contribution >= 4 is 11.6 Å². The fraction of sp³-hybridized carbons (Fsp3) is 0.588. The summed E-state index contributed by atoms with van der Waals surface area (Å²) in [6, 6.07) is 8.53. The molecule has 2 rings (SSSR count). The number of amides is 1. The third kappa shape index (κ3) is 3.99. The first-order valence-corrected chi connectivity index (χ1v) is 7.83. The number of carbonyl (C=O) groups excluding carboxylic acids is 1. The first kappa shape index (κ1) is 14.9. The van der Waals surface area contributed by atoms with Gasteiger partial charge >= 0.3 is 0 Å². The quantitative estimate of drug-likeness (QED) is 0.781. The van der Waals surface area contributed by atoms with Gasteiger partial charge in [-0.2, -0.15) is 0 Å². The maximum atomic E-state index is 12.3. The standard InChI is InChI=1S/C17H26N2O/c1-3-4-5-8-13(2)19-17(20)15-11-14-9-6-7-10-16(14)18-12-15/h6-7,9-10,13,15,18H,3-5,8,11-12H2,1-2H3,(H,19,20). The molecule has 0 fully saturated rings. The maximum Gasteiger partial charge on any atom is 0.225 e. The van der Waals surface area contributed by atoms with Gasteiger partial charge in [-0.25, -0.2) is 0 Å². The van der Waals surface area contributed by atoms with Crippen LogP contribution in [0.1, 0.15) is 45.1 Å². The van der Waals surface area contributed by atoms with Gasteiger partial charge in [0.15, 0.2) is 0 Å². The fourth-order valence-electron chi connectivity index (χ4n) is 2.76. The second kappa shape index (κ2) is 7.32. The molecule has 0 bridgehead atoms. The fourth-order valence-corrected chi connectivity index (χ4v) is 2.76. The second-order valence-corrected chi connectivity index (χ2v) is 5.84. The Balaban J connectivity index is 1.82. The summed E-state index contributed by atoms with van der Waals surface area (Å²) in [7, 11) is 0. The van der Waals surface area contributed by atoms with E-state index in [4.69, 9.17) is 0 Å². The summed E-state index contributed by atoms with van der Waals surface area (Å²) in [5.74, 6) is 0.245. The molecule has 2 atom stereocenters. The number of nitrogens with one attached hydrogen (secondary N) is 2. The van der Waals surface area contributed by atoms with Gasteiger partial charge in [-0.3, -0.25) is 4.79 Å². The minimum atomic E-state index is 0.0542. The third-order valence-electron chi connectivity index (χ3n) is 4.02. The van der Waals surface area contributed by atoms with Crippen molar-refractivity contribution in [1.29, 1.82) is 0 Å². The summed E-state index contributed by atoms with van der Waals surface area (Å²) in [6.07, 6.45) is 5.60. The van der Waals surface area contributed by atoms with E-state index in [1.807, 2.05) is 12.1 Å². The van der Waals surface area contributed by atoms with Crippen molar-refractivity contribution in [3.8, 4) is 0 Å². The topological polar surface area (TPSA) is 41.1 Å². The van der Waals surface area contributed by atoms with Gasteiger partial charge in [-0.15, -0.1) is 0 Å². The van der Waals surface area contributed by atoms with E-state index in [-0.39, 0.29) is 17.9 Å². The van der Waals surface area contributed by atoms with Crippen molar-refractivity contribution in [1.82, 2.24) is 5.32 Å². The van der Waals surface area contributed by atoms with Crippen molar-refractivity contribution in [3.63, 3.8) is 0 Å². The lowest BCUT2D eigenvalue weighted by Crippen LogP contribution is -2.42. The Morgan fingerprint density at radius 3 is 3.00 bits per heavy atom. The average Bonchev–Trinajstić information content (AvgIpc) is 2.47. The van der Waals surface area contributed by atoms with Crippen LogP contribution in [0.2, 0.25) is 0 Å². The van der Waals surface area contributed by atoms with Crippen LogP contribution in [-0.4, -0.2) is 18.5 Å². The lowest BCUT2D eigenvalue weighted by Gasteiger charge is -2.26. The van der Waals surface area contributed by atoms with E-state index in [0.29, 0.717) is 0 Å². The molecule has 0 aromatic heterocycles. The van der Waals surface area contributed by atoms with Crippen LogP contribution in [0.4, 0.5) is 5.69 Å². The van der Waals surface area contributed by atoms with Crippen LogP contribution in [0, 0.1) is 5.92 Å². The molecule has 2 N–H and O–H groups in total. The maximum absolute atomic E-state index is 12.3. The molecule has 0 aliphatic carbocycles. The summed E-state index contributed by atoms with van der Waals surface area (Å²) < 4.78 is 0. The molecule has 20 heavy (non-hydrogen) atoms. The first-order valence-electron chi connectivity index (χ1n) is 7.83. The van der Waals surface area contributed by atoms with Crippen molar-refractivity contribution < 1.29 is 4.79 Å². The van der Waals surface area contributed by atoms with Crippen LogP contribution in [0.5, 0.6) is 0 Å². The number of fused-ring (bicyclic) bond motifs is 1. The monoisotopic (exact) mass is 274 g/mol. The minimum absolute atomic E-state index is 0.0542. The van der Waals surface area contributed by atoms with Crippen LogP contribution in [-0.2, 0) is 11.2 Å². The Bertz CT molecular complexity index is 444. The molecule has 0 saturated heterocycles. The molecule has 110 valence electrons. The molecule has 2 unspecified atom stereocenters. The van der Waals surface area contributed by atoms with Gasteiger partial charge in [0, 0.05) is 18.3 Å². The van der Waals surface area contributed by atoms with E-state index in [1.54, 1.807) is 0 Å². The Hall–Kier alpha value is -1.51. The molecule has 3 nitrogen and oxygen atoms in total. The number of rotatable bonds is 6. The molecule has 1 aliphatic heterocycles. The zero-order valence-electron chi connectivity index (χ0n) is 12.6. The number of unbranched alkanes of at least 4 members (excludes halogenated alkanes) is 2. The third-order valence-corrected chi connectivity index (χ3v) is 4.02. The van der Waals surface area contributed by atoms with Crippen molar-refractivity contribution in [2.75, 3.05) is 11.9 Å². The smallest absolute Gasteiger partial charge is 0.225 e. The number of carbonyl (C=O) groups is 1. The normalized spacial score (nSPS) is 18.8. The number of anilines is 1. The van der Waals surface area contributed by atoms with Crippen LogP contribution in [0.15, 0.2) is 24.3 Å². The Morgan fingerprint density at radius 2 is 2.20 bits per heavy atom. The summed E-state index contributed by atoms with van der Waals surface area (Å²) in [4.78, 5) is 12.3. The predicted octanol–water partition coefficient (Wildman–Crippen LogP) is 3.36. The van der Waals surface area contributed by atoms with Crippen molar-refractivity contribution in [2.45, 2.75) is 52.0 Å². The molecular weight excluding hydrogens is 248 g/mol. The predicted molar refractivity (Wildman–Crippen MR) is 83.9 cm³/mol. The highest BCUT2D eigenvalue weighted by Gasteiger charge is 2.24. The molecule has 1 heterocycles. The van der Waals surface area contributed by atoms with Gasteiger partial charge in [0.05, 0.1) is 5.92 Å². The van der Waals surface area contributed by atoms with Gasteiger partial charge in [0.25, 0.3) is 0 Å². The molecule has 3 heteroatoms. The summed E-state index contributed by atoms with van der Waals surface area (Å²) in [5.41, 5.74) is 2.42. The molecular formula is C17H26N2O. The van der Waals surface area contributed by atoms with Crippen LogP contribution in [0.25, 0.3) is 0 Å². The highest BCUT2D eigenvalue weighted by molar-refractivity contribution is 5.81. The van der Waals surface area contributed by atoms with Crippen molar-refractivity contribution in [3.05, 3.63) is 29.8 Å². The SMILES string of the molecule is CCCCCC(C)NC(=O)C1CNc2ccccc2C1. The van der Waals surface area contributed by atoms with E-state index in [2.05, 4.69) is 36.6 Å². The lowest BCUT2D eigenvalue weighted by atomic mass is 9.93. The van der Waals surface area contributed by atoms with Crippen LogP contribution in [0.3, 0.4) is 0 Å². The van der Waals surface area contributed by atoms with Gasteiger partial charge in [0.1, 0.15) is 0 Å². The Kier molecular flexibility index (Phi) is 5.45. The first-order chi connectivity index (χ1) is 9.70. The molecule has 1 aromatic carbocycles. The molecule has 0 spiro atoms. The van der Waals surface area contributed by atoms with Crippen LogP contribution < -0.4 is 10.6 Å². The summed E-state index contributed by atoms with van der Waals surface area (Å²) >= 11 is 0. The van der Waals surface area contributed by atoms with Gasteiger partial charge < -0.3 is 10.6 Å². The highest BCUT2D eigenvalue weighted by atomic mass is 16.1. The molecule has 0 saturated carbocycles. The van der Waals surface area contributed by atoms with E-state index < -0.39 is 0 Å². The van der Waals surface area contributed by atoms with E-state index in [9.17, 15) is 4.79 Å². The largest absolute Gasteiger partial charge is 0.384 e. The number of benzene rings is 1. The molecule has 1 aromatic rings. The second-order valence-electron chi connectivity index (χ2n) is 5.84. The lowest BCUT2D eigenvalue weighted by molar-refractivity contribution is -0.125. The summed E-state index contributed by atoms with van der Waals surface area (Å²) in [5, 5.41) is 6.52. The number of para-hydroxylation sites is 1. The average molecular weight is 274 g/mol. The van der Waals surface area contributed by atoms with E-state index >= 15 is 0 Å². The van der Waals surface area contributed by atoms with Gasteiger partial charge in [-0.1, -0.05) is 44.4 Å². The van der Waals surface area contributed by atoms with E-state index in [1.165, 1.54) is 30.5 Å². The van der Waals surface area contributed by atoms with Gasteiger partial charge in [0.2, 0.25) is 5.91 Å². The molecule has 1 amide bonds. The summed E-state index contributed by atoms with van der Waals surface area (Å²) in [6.45, 7) is 5.05. The zero-order valence-corrected chi connectivity index (χ0v) is 12.6.